The minimum absolute atomic E-state index is 0.225. The molecule has 0 spiro atoms. The SMILES string of the molecule is CN1CCN(C(=O)CN[C@H]2CC2c2ccc(OCc3ccccc3)cc2)CC1. The lowest BCUT2D eigenvalue weighted by molar-refractivity contribution is -0.131. The summed E-state index contributed by atoms with van der Waals surface area (Å²) >= 11 is 0. The van der Waals surface area contributed by atoms with Gasteiger partial charge in [0.2, 0.25) is 5.91 Å². The van der Waals surface area contributed by atoms with Crippen LogP contribution < -0.4 is 10.1 Å². The summed E-state index contributed by atoms with van der Waals surface area (Å²) in [6.07, 6.45) is 1.10. The van der Waals surface area contributed by atoms with Crippen molar-refractivity contribution in [3.63, 3.8) is 0 Å². The Morgan fingerprint density at radius 2 is 1.75 bits per heavy atom. The number of hydrogen-bond donors (Lipinski definition) is 1. The molecule has 2 aromatic rings. The van der Waals surface area contributed by atoms with E-state index in [2.05, 4.69) is 41.5 Å². The van der Waals surface area contributed by atoms with E-state index in [0.717, 1.165) is 38.3 Å². The Morgan fingerprint density at radius 1 is 1.04 bits per heavy atom. The largest absolute Gasteiger partial charge is 0.489 e. The van der Waals surface area contributed by atoms with E-state index in [1.165, 1.54) is 11.1 Å². The molecule has 1 saturated heterocycles. The van der Waals surface area contributed by atoms with Crippen molar-refractivity contribution in [3.8, 4) is 5.75 Å². The zero-order chi connectivity index (χ0) is 19.3. The number of benzene rings is 2. The topological polar surface area (TPSA) is 44.8 Å². The highest BCUT2D eigenvalue weighted by Gasteiger charge is 2.38. The normalized spacial score (nSPS) is 22.1. The molecule has 1 heterocycles. The molecule has 2 fully saturated rings. The predicted molar refractivity (Wildman–Crippen MR) is 110 cm³/mol. The van der Waals surface area contributed by atoms with Crippen molar-refractivity contribution < 1.29 is 9.53 Å². The van der Waals surface area contributed by atoms with Crippen LogP contribution in [0.3, 0.4) is 0 Å². The molecule has 2 atom stereocenters. The van der Waals surface area contributed by atoms with E-state index in [0.29, 0.717) is 25.1 Å². The summed E-state index contributed by atoms with van der Waals surface area (Å²) in [5.74, 6) is 1.62. The van der Waals surface area contributed by atoms with E-state index in [4.69, 9.17) is 4.74 Å². The fourth-order valence-corrected chi connectivity index (χ4v) is 3.73. The van der Waals surface area contributed by atoms with Crippen molar-refractivity contribution in [2.45, 2.75) is 25.0 Å². The fourth-order valence-electron chi connectivity index (χ4n) is 3.73. The maximum Gasteiger partial charge on any atom is 0.236 e. The monoisotopic (exact) mass is 379 g/mol. The van der Waals surface area contributed by atoms with Gasteiger partial charge in [0, 0.05) is 38.1 Å². The van der Waals surface area contributed by atoms with E-state index in [1.807, 2.05) is 35.2 Å². The summed E-state index contributed by atoms with van der Waals surface area (Å²) < 4.78 is 5.86. The first-order valence-electron chi connectivity index (χ1n) is 10.2. The van der Waals surface area contributed by atoms with Gasteiger partial charge in [-0.1, -0.05) is 42.5 Å². The molecule has 0 radical (unpaired) electrons. The van der Waals surface area contributed by atoms with E-state index in [1.54, 1.807) is 0 Å². The lowest BCUT2D eigenvalue weighted by Crippen LogP contribution is -2.49. The van der Waals surface area contributed by atoms with Crippen LogP contribution in [0.5, 0.6) is 5.75 Å². The molecule has 1 N–H and O–H groups in total. The summed E-state index contributed by atoms with van der Waals surface area (Å²) in [6.45, 7) is 4.66. The van der Waals surface area contributed by atoms with E-state index >= 15 is 0 Å². The van der Waals surface area contributed by atoms with Gasteiger partial charge in [0.05, 0.1) is 6.54 Å². The van der Waals surface area contributed by atoms with Crippen LogP contribution in [0.15, 0.2) is 54.6 Å². The quantitative estimate of drug-likeness (QED) is 0.803. The molecule has 2 aromatic carbocycles. The highest BCUT2D eigenvalue weighted by Crippen LogP contribution is 2.41. The second-order valence-electron chi connectivity index (χ2n) is 7.86. The molecule has 1 aliphatic heterocycles. The molecule has 28 heavy (non-hydrogen) atoms. The fraction of sp³-hybridized carbons (Fsp3) is 0.435. The van der Waals surface area contributed by atoms with E-state index < -0.39 is 0 Å². The standard InChI is InChI=1S/C23H29N3O2/c1-25-11-13-26(14-12-25)23(27)16-24-22-15-21(22)19-7-9-20(10-8-19)28-17-18-5-3-2-4-6-18/h2-10,21-22,24H,11-17H2,1H3/t21?,22-/m0/s1. The maximum atomic E-state index is 12.3. The lowest BCUT2D eigenvalue weighted by Gasteiger charge is -2.32. The molecule has 148 valence electrons. The second kappa shape index (κ2) is 8.76. The van der Waals surface area contributed by atoms with Crippen molar-refractivity contribution in [1.29, 1.82) is 0 Å². The number of nitrogens with zero attached hydrogens (tertiary/aromatic N) is 2. The number of nitrogens with one attached hydrogen (secondary N) is 1. The molecule has 2 aliphatic rings. The van der Waals surface area contributed by atoms with Crippen molar-refractivity contribution in [3.05, 3.63) is 65.7 Å². The zero-order valence-electron chi connectivity index (χ0n) is 16.5. The van der Waals surface area contributed by atoms with Gasteiger partial charge in [0.15, 0.2) is 0 Å². The van der Waals surface area contributed by atoms with Gasteiger partial charge < -0.3 is 19.9 Å². The smallest absolute Gasteiger partial charge is 0.236 e. The Morgan fingerprint density at radius 3 is 2.46 bits per heavy atom. The third kappa shape index (κ3) is 4.91. The van der Waals surface area contributed by atoms with Crippen LogP contribution in [0.2, 0.25) is 0 Å². The van der Waals surface area contributed by atoms with Gasteiger partial charge in [0.25, 0.3) is 0 Å². The molecule has 1 aliphatic carbocycles. The number of ether oxygens (including phenoxy) is 1. The van der Waals surface area contributed by atoms with Gasteiger partial charge >= 0.3 is 0 Å². The summed E-state index contributed by atoms with van der Waals surface area (Å²) in [7, 11) is 2.10. The average Bonchev–Trinajstić information content (AvgIpc) is 3.52. The number of carbonyl (C=O) groups excluding carboxylic acids is 1. The van der Waals surface area contributed by atoms with Crippen molar-refractivity contribution in [2.75, 3.05) is 39.8 Å². The number of carbonyl (C=O) groups is 1. The van der Waals surface area contributed by atoms with Gasteiger partial charge in [-0.2, -0.15) is 0 Å². The Labute approximate surface area is 167 Å². The lowest BCUT2D eigenvalue weighted by atomic mass is 10.1. The molecule has 5 nitrogen and oxygen atoms in total. The molecule has 0 aromatic heterocycles. The first kappa shape index (κ1) is 19.0. The van der Waals surface area contributed by atoms with Crippen LogP contribution in [0.1, 0.15) is 23.5 Å². The van der Waals surface area contributed by atoms with Gasteiger partial charge in [-0.3, -0.25) is 4.79 Å². The highest BCUT2D eigenvalue weighted by molar-refractivity contribution is 5.78. The summed E-state index contributed by atoms with van der Waals surface area (Å²) in [5, 5.41) is 3.44. The number of amides is 1. The van der Waals surface area contributed by atoms with Crippen molar-refractivity contribution >= 4 is 5.91 Å². The molecule has 1 unspecified atom stereocenters. The molecule has 1 amide bonds. The van der Waals surface area contributed by atoms with Crippen LogP contribution in [0.4, 0.5) is 0 Å². The Bertz CT molecular complexity index is 770. The molecule has 5 heteroatoms. The predicted octanol–water partition coefficient (Wildman–Crippen LogP) is 2.49. The molecular weight excluding hydrogens is 350 g/mol. The number of rotatable bonds is 7. The summed E-state index contributed by atoms with van der Waals surface area (Å²) in [5.41, 5.74) is 2.49. The van der Waals surface area contributed by atoms with Gasteiger partial charge in [-0.15, -0.1) is 0 Å². The first-order chi connectivity index (χ1) is 13.7. The van der Waals surface area contributed by atoms with Crippen LogP contribution in [0, 0.1) is 0 Å². The first-order valence-corrected chi connectivity index (χ1v) is 10.2. The zero-order valence-corrected chi connectivity index (χ0v) is 16.5. The molecule has 4 rings (SSSR count). The maximum absolute atomic E-state index is 12.3. The van der Waals surface area contributed by atoms with Gasteiger partial charge in [-0.25, -0.2) is 0 Å². The summed E-state index contributed by atoms with van der Waals surface area (Å²) in [4.78, 5) is 16.6. The van der Waals surface area contributed by atoms with E-state index in [9.17, 15) is 4.79 Å². The van der Waals surface area contributed by atoms with Crippen LogP contribution in [-0.2, 0) is 11.4 Å². The molecule has 0 bridgehead atoms. The Kier molecular flexibility index (Phi) is 5.93. The van der Waals surface area contributed by atoms with Crippen LogP contribution >= 0.6 is 0 Å². The van der Waals surface area contributed by atoms with Gasteiger partial charge in [-0.05, 0) is 36.7 Å². The minimum Gasteiger partial charge on any atom is -0.489 e. The Balaban J connectivity index is 1.20. The Hall–Kier alpha value is -2.37. The second-order valence-corrected chi connectivity index (χ2v) is 7.86. The van der Waals surface area contributed by atoms with Gasteiger partial charge in [0.1, 0.15) is 12.4 Å². The molecule has 1 saturated carbocycles. The van der Waals surface area contributed by atoms with Crippen molar-refractivity contribution in [1.82, 2.24) is 15.1 Å². The third-order valence-electron chi connectivity index (χ3n) is 5.72. The van der Waals surface area contributed by atoms with Crippen LogP contribution in [-0.4, -0.2) is 61.5 Å². The third-order valence-corrected chi connectivity index (χ3v) is 5.72. The number of likely N-dealkylation sites (N-methyl/N-ethyl adjacent to an activating group) is 1. The molecular formula is C23H29N3O2. The summed E-state index contributed by atoms with van der Waals surface area (Å²) in [6, 6.07) is 19.0. The highest BCUT2D eigenvalue weighted by atomic mass is 16.5. The van der Waals surface area contributed by atoms with E-state index in [-0.39, 0.29) is 5.91 Å². The minimum atomic E-state index is 0.225. The van der Waals surface area contributed by atoms with Crippen LogP contribution in [0.25, 0.3) is 0 Å². The number of hydrogen-bond acceptors (Lipinski definition) is 4. The average molecular weight is 380 g/mol. The van der Waals surface area contributed by atoms with Crippen molar-refractivity contribution in [2.24, 2.45) is 0 Å². The number of piperazine rings is 1.